The standard InChI is InChI=1S/C4H8S5/c5-7-3-8-9-4-1-6-2-4/h4-5H,1-3H2. The summed E-state index contributed by atoms with van der Waals surface area (Å²) in [6.07, 6.45) is 0. The molecule has 0 aromatic heterocycles. The zero-order valence-corrected chi connectivity index (χ0v) is 8.94. The molecule has 1 rings (SSSR count). The quantitative estimate of drug-likeness (QED) is 0.332. The summed E-state index contributed by atoms with van der Waals surface area (Å²) in [6, 6.07) is 0. The highest BCUT2D eigenvalue weighted by Gasteiger charge is 2.18. The van der Waals surface area contributed by atoms with E-state index in [-0.39, 0.29) is 0 Å². The monoisotopic (exact) mass is 216 g/mol. The van der Waals surface area contributed by atoms with Gasteiger partial charge in [-0.05, 0) is 0 Å². The second kappa shape index (κ2) is 5.41. The zero-order chi connectivity index (χ0) is 6.53. The Bertz CT molecular complexity index is 71.4. The van der Waals surface area contributed by atoms with Crippen LogP contribution in [-0.2, 0) is 0 Å². The summed E-state index contributed by atoms with van der Waals surface area (Å²) in [6.45, 7) is 0. The second-order valence-corrected chi connectivity index (χ2v) is 7.05. The van der Waals surface area contributed by atoms with Gasteiger partial charge in [-0.15, -0.1) is 11.7 Å². The normalized spacial score (nSPS) is 19.7. The molecule has 0 amide bonds. The SMILES string of the molecule is SSCSSC1CSC1. The summed E-state index contributed by atoms with van der Waals surface area (Å²) in [5.41, 5.74) is 0. The minimum atomic E-state index is 0.931. The molecule has 0 atom stereocenters. The Morgan fingerprint density at radius 2 is 2.33 bits per heavy atom. The predicted octanol–water partition coefficient (Wildman–Crippen LogP) is 3.02. The molecule has 5 heteroatoms. The lowest BCUT2D eigenvalue weighted by Crippen LogP contribution is -2.19. The summed E-state index contributed by atoms with van der Waals surface area (Å²) in [5.74, 6) is 2.71. The molecule has 0 radical (unpaired) electrons. The Balaban J connectivity index is 1.80. The molecule has 0 aliphatic carbocycles. The Morgan fingerprint density at radius 3 is 2.78 bits per heavy atom. The summed E-state index contributed by atoms with van der Waals surface area (Å²) < 4.78 is 0. The van der Waals surface area contributed by atoms with Crippen molar-refractivity contribution in [1.82, 2.24) is 0 Å². The summed E-state index contributed by atoms with van der Waals surface area (Å²) >= 11 is 6.09. The molecule has 0 unspecified atom stereocenters. The lowest BCUT2D eigenvalue weighted by Gasteiger charge is -2.22. The van der Waals surface area contributed by atoms with E-state index < -0.39 is 0 Å². The van der Waals surface area contributed by atoms with Crippen molar-refractivity contribution >= 4 is 55.8 Å². The molecule has 1 aliphatic heterocycles. The lowest BCUT2D eigenvalue weighted by molar-refractivity contribution is 1.09. The molecule has 1 heterocycles. The van der Waals surface area contributed by atoms with E-state index in [1.807, 2.05) is 33.3 Å². The van der Waals surface area contributed by atoms with Crippen LogP contribution in [0.4, 0.5) is 0 Å². The maximum atomic E-state index is 4.05. The maximum absolute atomic E-state index is 4.05. The highest BCUT2D eigenvalue weighted by molar-refractivity contribution is 8.82. The Labute approximate surface area is 77.3 Å². The molecule has 0 nitrogen and oxygen atoms in total. The van der Waals surface area contributed by atoms with E-state index >= 15 is 0 Å². The van der Waals surface area contributed by atoms with Gasteiger partial charge in [0.2, 0.25) is 0 Å². The average Bonchev–Trinajstić information content (AvgIpc) is 1.76. The van der Waals surface area contributed by atoms with Crippen molar-refractivity contribution in [3.8, 4) is 0 Å². The van der Waals surface area contributed by atoms with Crippen LogP contribution in [0.1, 0.15) is 0 Å². The van der Waals surface area contributed by atoms with Gasteiger partial charge < -0.3 is 0 Å². The molecule has 0 spiro atoms. The predicted molar refractivity (Wildman–Crippen MR) is 57.7 cm³/mol. The van der Waals surface area contributed by atoms with Gasteiger partial charge in [0.25, 0.3) is 0 Å². The molecule has 0 N–H and O–H groups in total. The molecule has 1 saturated heterocycles. The van der Waals surface area contributed by atoms with Crippen molar-refractivity contribution in [2.24, 2.45) is 0 Å². The van der Waals surface area contributed by atoms with E-state index in [1.165, 1.54) is 11.5 Å². The first-order valence-corrected chi connectivity index (χ1v) is 8.13. The van der Waals surface area contributed by atoms with Crippen LogP contribution in [0.25, 0.3) is 0 Å². The van der Waals surface area contributed by atoms with Crippen molar-refractivity contribution in [3.05, 3.63) is 0 Å². The van der Waals surface area contributed by atoms with Crippen LogP contribution >= 0.6 is 55.8 Å². The Morgan fingerprint density at radius 1 is 1.56 bits per heavy atom. The molecular weight excluding hydrogens is 208 g/mol. The van der Waals surface area contributed by atoms with Crippen molar-refractivity contribution in [1.29, 1.82) is 0 Å². The largest absolute Gasteiger partial charge is 0.160 e. The van der Waals surface area contributed by atoms with Gasteiger partial charge in [0, 0.05) is 16.8 Å². The van der Waals surface area contributed by atoms with Crippen molar-refractivity contribution in [3.63, 3.8) is 0 Å². The molecule has 0 aromatic carbocycles. The highest BCUT2D eigenvalue weighted by Crippen LogP contribution is 2.38. The minimum Gasteiger partial charge on any atom is -0.160 e. The second-order valence-electron chi connectivity index (χ2n) is 1.62. The molecule has 0 bridgehead atoms. The first-order valence-electron chi connectivity index (χ1n) is 2.56. The number of thioether (sulfide) groups is 1. The van der Waals surface area contributed by atoms with Crippen LogP contribution in [0.2, 0.25) is 0 Å². The summed E-state index contributed by atoms with van der Waals surface area (Å²) in [4.78, 5) is 0. The van der Waals surface area contributed by atoms with Crippen LogP contribution in [0, 0.1) is 0 Å². The van der Waals surface area contributed by atoms with Crippen LogP contribution < -0.4 is 0 Å². The third-order valence-corrected chi connectivity index (χ3v) is 7.20. The number of rotatable bonds is 4. The third kappa shape index (κ3) is 3.60. The van der Waals surface area contributed by atoms with Crippen molar-refractivity contribution in [2.45, 2.75) is 5.25 Å². The van der Waals surface area contributed by atoms with Crippen molar-refractivity contribution < 1.29 is 0 Å². The minimum absolute atomic E-state index is 0.931. The van der Waals surface area contributed by atoms with Crippen LogP contribution in [0.3, 0.4) is 0 Å². The lowest BCUT2D eigenvalue weighted by atomic mass is 10.5. The van der Waals surface area contributed by atoms with Gasteiger partial charge in [0.05, 0.1) is 5.08 Å². The van der Waals surface area contributed by atoms with Gasteiger partial charge in [-0.2, -0.15) is 11.8 Å². The first-order chi connectivity index (χ1) is 4.43. The Hall–Kier alpha value is 1.75. The van der Waals surface area contributed by atoms with Crippen molar-refractivity contribution in [2.75, 3.05) is 16.6 Å². The summed E-state index contributed by atoms with van der Waals surface area (Å²) in [7, 11) is 5.55. The van der Waals surface area contributed by atoms with Gasteiger partial charge in [0.1, 0.15) is 0 Å². The van der Waals surface area contributed by atoms with E-state index in [9.17, 15) is 0 Å². The average molecular weight is 216 g/mol. The van der Waals surface area contributed by atoms with Gasteiger partial charge in [-0.1, -0.05) is 32.4 Å². The number of thiol groups is 1. The molecular formula is C4H8S5. The van der Waals surface area contributed by atoms with E-state index in [0.717, 1.165) is 10.3 Å². The van der Waals surface area contributed by atoms with E-state index in [1.54, 1.807) is 10.8 Å². The van der Waals surface area contributed by atoms with Gasteiger partial charge in [-0.25, -0.2) is 0 Å². The topological polar surface area (TPSA) is 0 Å². The van der Waals surface area contributed by atoms with Crippen LogP contribution in [-0.4, -0.2) is 21.8 Å². The summed E-state index contributed by atoms with van der Waals surface area (Å²) in [5, 5.41) is 2.04. The maximum Gasteiger partial charge on any atom is 0.0597 e. The molecule has 1 fully saturated rings. The fraction of sp³-hybridized carbons (Fsp3) is 1.00. The van der Waals surface area contributed by atoms with E-state index in [0.29, 0.717) is 0 Å². The van der Waals surface area contributed by atoms with Gasteiger partial charge >= 0.3 is 0 Å². The number of hydrogen-bond acceptors (Lipinski definition) is 5. The fourth-order valence-electron chi connectivity index (χ4n) is 0.415. The van der Waals surface area contributed by atoms with Crippen LogP contribution in [0.5, 0.6) is 0 Å². The molecule has 0 saturated carbocycles. The van der Waals surface area contributed by atoms with Crippen LogP contribution in [0.15, 0.2) is 0 Å². The molecule has 1 aliphatic rings. The van der Waals surface area contributed by atoms with Gasteiger partial charge in [-0.3, -0.25) is 0 Å². The zero-order valence-electron chi connectivity index (χ0n) is 4.78. The molecule has 54 valence electrons. The van der Waals surface area contributed by atoms with E-state index in [2.05, 4.69) is 11.7 Å². The molecule has 9 heavy (non-hydrogen) atoms. The smallest absolute Gasteiger partial charge is 0.0597 e. The molecule has 0 aromatic rings. The fourth-order valence-corrected chi connectivity index (χ4v) is 6.08. The highest BCUT2D eigenvalue weighted by atomic mass is 33.1. The Kier molecular flexibility index (Phi) is 5.31. The number of hydrogen-bond donors (Lipinski definition) is 1. The van der Waals surface area contributed by atoms with Gasteiger partial charge in [0.15, 0.2) is 0 Å². The first kappa shape index (κ1) is 8.84. The van der Waals surface area contributed by atoms with E-state index in [4.69, 9.17) is 0 Å². The third-order valence-electron chi connectivity index (χ3n) is 0.912.